The molecule has 4 rings (SSSR count). The number of aromatic nitrogens is 3. The molecule has 10 heteroatoms. The van der Waals surface area contributed by atoms with Gasteiger partial charge < -0.3 is 34.4 Å². The molecule has 1 aromatic carbocycles. The lowest BCUT2D eigenvalue weighted by atomic mass is 9.92. The number of fused-ring (bicyclic) bond motifs is 1. The number of hydrogen-bond donors (Lipinski definition) is 3. The maximum atomic E-state index is 13.5. The maximum Gasteiger partial charge on any atom is 0.407 e. The van der Waals surface area contributed by atoms with Crippen molar-refractivity contribution in [1.29, 1.82) is 0 Å². The zero-order valence-electron chi connectivity index (χ0n) is 22.0. The molecular weight excluding hydrogens is 474 g/mol. The van der Waals surface area contributed by atoms with Gasteiger partial charge in [0.1, 0.15) is 5.60 Å². The van der Waals surface area contributed by atoms with Crippen LogP contribution in [0.25, 0.3) is 16.6 Å². The van der Waals surface area contributed by atoms with Gasteiger partial charge in [-0.05, 0) is 64.7 Å². The molecule has 1 saturated carbocycles. The fourth-order valence-electron chi connectivity index (χ4n) is 4.54. The van der Waals surface area contributed by atoms with Crippen LogP contribution in [0.3, 0.4) is 0 Å². The van der Waals surface area contributed by atoms with Crippen molar-refractivity contribution in [2.45, 2.75) is 70.7 Å². The van der Waals surface area contributed by atoms with E-state index in [1.165, 1.54) is 0 Å². The van der Waals surface area contributed by atoms with Crippen LogP contribution >= 0.6 is 0 Å². The first kappa shape index (κ1) is 26.7. The van der Waals surface area contributed by atoms with Crippen molar-refractivity contribution in [3.8, 4) is 5.69 Å². The highest BCUT2D eigenvalue weighted by Gasteiger charge is 2.25. The highest BCUT2D eigenvalue weighted by molar-refractivity contribution is 6.07. The molecule has 0 spiro atoms. The molecule has 1 fully saturated rings. The Morgan fingerprint density at radius 3 is 2.59 bits per heavy atom. The third-order valence-corrected chi connectivity index (χ3v) is 6.29. The van der Waals surface area contributed by atoms with E-state index in [4.69, 9.17) is 14.2 Å². The number of ether oxygens (including phenoxy) is 3. The van der Waals surface area contributed by atoms with E-state index in [-0.39, 0.29) is 24.6 Å². The third-order valence-electron chi connectivity index (χ3n) is 6.29. The lowest BCUT2D eigenvalue weighted by molar-refractivity contribution is -0.00408. The van der Waals surface area contributed by atoms with E-state index in [1.54, 1.807) is 19.6 Å². The van der Waals surface area contributed by atoms with Gasteiger partial charge >= 0.3 is 6.09 Å². The number of imidazole rings is 1. The van der Waals surface area contributed by atoms with Crippen LogP contribution in [0.4, 0.5) is 4.79 Å². The molecule has 37 heavy (non-hydrogen) atoms. The van der Waals surface area contributed by atoms with Gasteiger partial charge in [-0.15, -0.1) is 0 Å². The van der Waals surface area contributed by atoms with E-state index in [9.17, 15) is 9.59 Å². The van der Waals surface area contributed by atoms with E-state index < -0.39 is 11.7 Å². The number of amides is 2. The molecule has 0 aliphatic heterocycles. The number of H-pyrrole nitrogens is 1. The summed E-state index contributed by atoms with van der Waals surface area (Å²) in [7, 11) is 1.67. The molecule has 10 nitrogen and oxygen atoms in total. The van der Waals surface area contributed by atoms with Gasteiger partial charge in [-0.25, -0.2) is 9.78 Å². The Morgan fingerprint density at radius 1 is 1.14 bits per heavy atom. The van der Waals surface area contributed by atoms with E-state index in [1.807, 2.05) is 49.7 Å². The molecule has 0 radical (unpaired) electrons. The molecule has 1 aliphatic carbocycles. The quantitative estimate of drug-likeness (QED) is 0.373. The maximum absolute atomic E-state index is 13.5. The SMILES string of the molecule is COCCO[C@H]1CC[C@H](NC(=O)c2cc(-n3ccnc3)cc3cc(CNC(=O)OC(C)(C)C)[nH]c23)CC1. The van der Waals surface area contributed by atoms with Crippen LogP contribution < -0.4 is 10.6 Å². The number of carbonyl (C=O) groups is 2. The Labute approximate surface area is 217 Å². The van der Waals surface area contributed by atoms with Crippen LogP contribution in [0.2, 0.25) is 0 Å². The lowest BCUT2D eigenvalue weighted by Crippen LogP contribution is -2.39. The standard InChI is InChI=1S/C27H37N5O5/c1-27(2,3)37-26(34)29-16-20-13-18-14-21(32-10-9-28-17-32)15-23(24(18)30-20)25(33)31-19-5-7-22(8-6-19)36-12-11-35-4/h9-10,13-15,17,19,22,30H,5-8,11-12,16H2,1-4H3,(H,29,34)(H,31,33)/t19-,22-. The Kier molecular flexibility index (Phi) is 8.50. The van der Waals surface area contributed by atoms with Gasteiger partial charge in [0.05, 0.1) is 43.3 Å². The number of nitrogens with one attached hydrogen (secondary N) is 3. The monoisotopic (exact) mass is 511 g/mol. The van der Waals surface area contributed by atoms with Crippen LogP contribution in [-0.2, 0) is 20.8 Å². The molecule has 3 aromatic rings. The normalized spacial score (nSPS) is 18.1. The summed E-state index contributed by atoms with van der Waals surface area (Å²) < 4.78 is 18.1. The van der Waals surface area contributed by atoms with Crippen molar-refractivity contribution >= 4 is 22.9 Å². The number of alkyl carbamates (subject to hydrolysis) is 1. The zero-order chi connectivity index (χ0) is 26.4. The first-order valence-corrected chi connectivity index (χ1v) is 12.7. The molecule has 0 atom stereocenters. The number of hydrogen-bond acceptors (Lipinski definition) is 6. The van der Waals surface area contributed by atoms with Crippen molar-refractivity contribution in [2.75, 3.05) is 20.3 Å². The summed E-state index contributed by atoms with van der Waals surface area (Å²) >= 11 is 0. The molecular formula is C27H37N5O5. The molecule has 200 valence electrons. The second kappa shape index (κ2) is 11.8. The second-order valence-corrected chi connectivity index (χ2v) is 10.4. The highest BCUT2D eigenvalue weighted by atomic mass is 16.6. The summed E-state index contributed by atoms with van der Waals surface area (Å²) in [6.45, 7) is 6.88. The average Bonchev–Trinajstić information content (AvgIpc) is 3.52. The molecule has 0 bridgehead atoms. The first-order valence-electron chi connectivity index (χ1n) is 12.7. The van der Waals surface area contributed by atoms with Gasteiger partial charge in [-0.2, -0.15) is 0 Å². The van der Waals surface area contributed by atoms with Crippen LogP contribution in [-0.4, -0.2) is 64.6 Å². The Bertz CT molecular complexity index is 1190. The molecule has 1 aliphatic rings. The Morgan fingerprint density at radius 2 is 1.92 bits per heavy atom. The topological polar surface area (TPSA) is 120 Å². The molecule has 3 N–H and O–H groups in total. The molecule has 2 heterocycles. The Hall–Kier alpha value is -3.37. The van der Waals surface area contributed by atoms with Gasteiger partial charge in [0.2, 0.25) is 0 Å². The molecule has 2 amide bonds. The van der Waals surface area contributed by atoms with E-state index in [0.717, 1.165) is 48.0 Å². The van der Waals surface area contributed by atoms with Crippen LogP contribution in [0.15, 0.2) is 36.9 Å². The molecule has 0 unspecified atom stereocenters. The third kappa shape index (κ3) is 7.33. The van der Waals surface area contributed by atoms with Crippen molar-refractivity contribution in [3.05, 3.63) is 48.2 Å². The minimum Gasteiger partial charge on any atom is -0.444 e. The second-order valence-electron chi connectivity index (χ2n) is 10.4. The first-order chi connectivity index (χ1) is 17.7. The summed E-state index contributed by atoms with van der Waals surface area (Å²) in [6, 6.07) is 5.88. The van der Waals surface area contributed by atoms with E-state index >= 15 is 0 Å². The van der Waals surface area contributed by atoms with Gasteiger partial charge in [-0.3, -0.25) is 4.79 Å². The van der Waals surface area contributed by atoms with Gasteiger partial charge in [0.25, 0.3) is 5.91 Å². The summed E-state index contributed by atoms with van der Waals surface area (Å²) in [5.74, 6) is -0.135. The number of benzene rings is 1. The number of aromatic amines is 1. The van der Waals surface area contributed by atoms with Crippen molar-refractivity contribution in [1.82, 2.24) is 25.2 Å². The van der Waals surface area contributed by atoms with E-state index in [0.29, 0.717) is 18.8 Å². The van der Waals surface area contributed by atoms with Crippen molar-refractivity contribution in [3.63, 3.8) is 0 Å². The summed E-state index contributed by atoms with van der Waals surface area (Å²) in [5.41, 5.74) is 2.29. The predicted molar refractivity (Wildman–Crippen MR) is 140 cm³/mol. The minimum absolute atomic E-state index is 0.0880. The summed E-state index contributed by atoms with van der Waals surface area (Å²) in [5, 5.41) is 6.85. The number of methoxy groups -OCH3 is 1. The van der Waals surface area contributed by atoms with Gasteiger partial charge in [0, 0.05) is 42.3 Å². The minimum atomic E-state index is -0.579. The summed E-state index contributed by atoms with van der Waals surface area (Å²) in [4.78, 5) is 33.1. The van der Waals surface area contributed by atoms with E-state index in [2.05, 4.69) is 20.6 Å². The number of nitrogens with zero attached hydrogens (tertiary/aromatic N) is 2. The predicted octanol–water partition coefficient (Wildman–Crippen LogP) is 4.08. The summed E-state index contributed by atoms with van der Waals surface area (Å²) in [6.07, 6.45) is 8.49. The van der Waals surface area contributed by atoms with Crippen molar-refractivity contribution < 1.29 is 23.8 Å². The van der Waals surface area contributed by atoms with Crippen LogP contribution in [0, 0.1) is 0 Å². The van der Waals surface area contributed by atoms with Gasteiger partial charge in [0.15, 0.2) is 0 Å². The fraction of sp³-hybridized carbons (Fsp3) is 0.519. The highest BCUT2D eigenvalue weighted by Crippen LogP contribution is 2.26. The Balaban J connectivity index is 1.49. The molecule has 0 saturated heterocycles. The number of carbonyl (C=O) groups excluding carboxylic acids is 2. The molecule has 2 aromatic heterocycles. The smallest absolute Gasteiger partial charge is 0.407 e. The van der Waals surface area contributed by atoms with Crippen molar-refractivity contribution in [2.24, 2.45) is 0 Å². The fourth-order valence-corrected chi connectivity index (χ4v) is 4.54. The largest absolute Gasteiger partial charge is 0.444 e. The average molecular weight is 512 g/mol. The van der Waals surface area contributed by atoms with Crippen LogP contribution in [0.5, 0.6) is 0 Å². The zero-order valence-corrected chi connectivity index (χ0v) is 22.0. The van der Waals surface area contributed by atoms with Crippen LogP contribution in [0.1, 0.15) is 62.5 Å². The number of rotatable bonds is 9. The van der Waals surface area contributed by atoms with Gasteiger partial charge in [-0.1, -0.05) is 0 Å². The lowest BCUT2D eigenvalue weighted by Gasteiger charge is -2.29.